The van der Waals surface area contributed by atoms with Crippen molar-refractivity contribution in [3.63, 3.8) is 0 Å². The van der Waals surface area contributed by atoms with Crippen LogP contribution in [0, 0.1) is 13.8 Å². The van der Waals surface area contributed by atoms with Gasteiger partial charge in [-0.2, -0.15) is 0 Å². The van der Waals surface area contributed by atoms with Gasteiger partial charge in [-0.25, -0.2) is 0 Å². The number of allylic oxidation sites excluding steroid dienone is 1. The highest BCUT2D eigenvalue weighted by molar-refractivity contribution is 6.21. The number of nitrogens with one attached hydrogen (secondary N) is 1. The molecule has 84 valence electrons. The zero-order chi connectivity index (χ0) is 11.8. The van der Waals surface area contributed by atoms with Gasteiger partial charge in [0.25, 0.3) is 0 Å². The fraction of sp³-hybridized carbons (Fsp3) is 0.133. The Kier molecular flexibility index (Phi) is 2.22. The largest absolute Gasteiger partial charge is 0.362 e. The molecular formula is C15H14N2. The average Bonchev–Trinajstić information content (AvgIpc) is 2.85. The van der Waals surface area contributed by atoms with Crippen LogP contribution in [0.2, 0.25) is 0 Å². The summed E-state index contributed by atoms with van der Waals surface area (Å²) in [5.41, 5.74) is 7.09. The summed E-state index contributed by atoms with van der Waals surface area (Å²) in [6.45, 7) is 4.17. The Morgan fingerprint density at radius 3 is 2.76 bits per heavy atom. The third kappa shape index (κ3) is 1.72. The number of aromatic nitrogens is 1. The van der Waals surface area contributed by atoms with E-state index >= 15 is 0 Å². The second-order valence-corrected chi connectivity index (χ2v) is 4.41. The van der Waals surface area contributed by atoms with Crippen molar-refractivity contribution in [3.8, 4) is 0 Å². The molecule has 2 nitrogen and oxygen atoms in total. The molecule has 0 saturated heterocycles. The third-order valence-electron chi connectivity index (χ3n) is 3.06. The Bertz CT molecular complexity index is 630. The average molecular weight is 222 g/mol. The molecule has 0 amide bonds. The van der Waals surface area contributed by atoms with Crippen LogP contribution < -0.4 is 0 Å². The van der Waals surface area contributed by atoms with Crippen LogP contribution in [-0.4, -0.2) is 11.2 Å². The summed E-state index contributed by atoms with van der Waals surface area (Å²) < 4.78 is 0. The summed E-state index contributed by atoms with van der Waals surface area (Å²) >= 11 is 0. The van der Waals surface area contributed by atoms with Crippen molar-refractivity contribution in [2.75, 3.05) is 0 Å². The molecule has 0 unspecified atom stereocenters. The van der Waals surface area contributed by atoms with E-state index in [0.29, 0.717) is 0 Å². The molecule has 1 aromatic carbocycles. The second kappa shape index (κ2) is 3.74. The van der Waals surface area contributed by atoms with Crippen LogP contribution in [0.15, 0.2) is 35.3 Å². The van der Waals surface area contributed by atoms with Gasteiger partial charge < -0.3 is 4.98 Å². The van der Waals surface area contributed by atoms with E-state index < -0.39 is 0 Å². The fourth-order valence-corrected chi connectivity index (χ4v) is 2.22. The maximum atomic E-state index is 4.41. The second-order valence-electron chi connectivity index (χ2n) is 4.41. The van der Waals surface area contributed by atoms with Gasteiger partial charge in [-0.3, -0.25) is 4.99 Å². The molecule has 2 aromatic rings. The van der Waals surface area contributed by atoms with Gasteiger partial charge in [0.15, 0.2) is 0 Å². The molecule has 0 atom stereocenters. The van der Waals surface area contributed by atoms with E-state index in [1.165, 1.54) is 28.1 Å². The molecule has 1 aliphatic heterocycles. The van der Waals surface area contributed by atoms with Crippen LogP contribution in [0.4, 0.5) is 5.69 Å². The topological polar surface area (TPSA) is 28.1 Å². The Hall–Kier alpha value is -2.09. The van der Waals surface area contributed by atoms with Gasteiger partial charge in [0, 0.05) is 28.7 Å². The van der Waals surface area contributed by atoms with Crippen molar-refractivity contribution in [2.24, 2.45) is 4.99 Å². The monoisotopic (exact) mass is 222 g/mol. The van der Waals surface area contributed by atoms with Gasteiger partial charge in [-0.05, 0) is 37.6 Å². The van der Waals surface area contributed by atoms with Crippen molar-refractivity contribution in [1.82, 2.24) is 4.98 Å². The van der Waals surface area contributed by atoms with Crippen molar-refractivity contribution in [3.05, 3.63) is 52.8 Å². The third-order valence-corrected chi connectivity index (χ3v) is 3.06. The van der Waals surface area contributed by atoms with E-state index in [1.54, 1.807) is 0 Å². The smallest absolute Gasteiger partial charge is 0.0708 e. The maximum Gasteiger partial charge on any atom is 0.0708 e. The molecule has 17 heavy (non-hydrogen) atoms. The van der Waals surface area contributed by atoms with Crippen LogP contribution in [0.25, 0.3) is 11.6 Å². The molecule has 3 rings (SSSR count). The number of aryl methyl sites for hydroxylation is 2. The molecule has 0 bridgehead atoms. The van der Waals surface area contributed by atoms with Crippen LogP contribution in [-0.2, 0) is 0 Å². The lowest BCUT2D eigenvalue weighted by molar-refractivity contribution is 1.19. The summed E-state index contributed by atoms with van der Waals surface area (Å²) in [6, 6.07) is 10.4. The van der Waals surface area contributed by atoms with E-state index in [4.69, 9.17) is 0 Å². The normalized spacial score (nSPS) is 15.5. The highest BCUT2D eigenvalue weighted by Crippen LogP contribution is 2.32. The number of para-hydroxylation sites is 1. The molecule has 2 heterocycles. The van der Waals surface area contributed by atoms with Gasteiger partial charge in [0.1, 0.15) is 0 Å². The number of fused-ring (bicyclic) bond motifs is 1. The summed E-state index contributed by atoms with van der Waals surface area (Å²) in [7, 11) is 0. The zero-order valence-electron chi connectivity index (χ0n) is 9.99. The molecule has 0 radical (unpaired) electrons. The van der Waals surface area contributed by atoms with E-state index in [0.717, 1.165) is 5.69 Å². The van der Waals surface area contributed by atoms with Gasteiger partial charge in [-0.1, -0.05) is 18.2 Å². The minimum atomic E-state index is 1.06. The Morgan fingerprint density at radius 1 is 1.18 bits per heavy atom. The molecule has 1 aromatic heterocycles. The van der Waals surface area contributed by atoms with Crippen molar-refractivity contribution >= 4 is 23.6 Å². The number of rotatable bonds is 1. The van der Waals surface area contributed by atoms with Crippen molar-refractivity contribution in [1.29, 1.82) is 0 Å². The Labute approximate surface area is 101 Å². The van der Waals surface area contributed by atoms with Crippen LogP contribution in [0.3, 0.4) is 0 Å². The molecule has 1 N–H and O–H groups in total. The lowest BCUT2D eigenvalue weighted by Crippen LogP contribution is -1.81. The molecule has 0 fully saturated rings. The minimum Gasteiger partial charge on any atom is -0.362 e. The van der Waals surface area contributed by atoms with Gasteiger partial charge in [0.2, 0.25) is 0 Å². The highest BCUT2D eigenvalue weighted by atomic mass is 14.8. The first-order valence-corrected chi connectivity index (χ1v) is 5.75. The molecule has 0 spiro atoms. The van der Waals surface area contributed by atoms with E-state index in [9.17, 15) is 0 Å². The quantitative estimate of drug-likeness (QED) is 0.758. The number of benzene rings is 1. The summed E-state index contributed by atoms with van der Waals surface area (Å²) in [4.78, 5) is 7.73. The van der Waals surface area contributed by atoms with Gasteiger partial charge >= 0.3 is 0 Å². The van der Waals surface area contributed by atoms with E-state index in [2.05, 4.69) is 48.1 Å². The zero-order valence-corrected chi connectivity index (χ0v) is 9.99. The molecule has 0 aliphatic carbocycles. The number of aliphatic imine (C=N–C) groups is 1. The van der Waals surface area contributed by atoms with Crippen molar-refractivity contribution in [2.45, 2.75) is 13.8 Å². The van der Waals surface area contributed by atoms with Gasteiger partial charge in [0.05, 0.1) is 5.69 Å². The lowest BCUT2D eigenvalue weighted by atomic mass is 10.0. The van der Waals surface area contributed by atoms with E-state index in [1.807, 2.05) is 18.3 Å². The Morgan fingerprint density at radius 2 is 2.00 bits per heavy atom. The van der Waals surface area contributed by atoms with Crippen LogP contribution in [0.5, 0.6) is 0 Å². The summed E-state index contributed by atoms with van der Waals surface area (Å²) in [5.74, 6) is 0. The van der Waals surface area contributed by atoms with Crippen LogP contribution >= 0.6 is 0 Å². The maximum absolute atomic E-state index is 4.41. The first-order chi connectivity index (χ1) is 8.24. The predicted molar refractivity (Wildman–Crippen MR) is 72.7 cm³/mol. The first-order valence-electron chi connectivity index (χ1n) is 5.75. The highest BCUT2D eigenvalue weighted by Gasteiger charge is 2.11. The fourth-order valence-electron chi connectivity index (χ4n) is 2.22. The SMILES string of the molecule is Cc1cc(C=C2C=Nc3ccccc32)c(C)[nH]1. The summed E-state index contributed by atoms with van der Waals surface area (Å²) in [5, 5.41) is 0. The van der Waals surface area contributed by atoms with Crippen molar-refractivity contribution < 1.29 is 0 Å². The molecular weight excluding hydrogens is 208 g/mol. The standard InChI is InChI=1S/C15H14N2/c1-10-7-12(11(2)17-10)8-13-9-16-15-6-4-3-5-14(13)15/h3-9,17H,1-2H3. The Balaban J connectivity index is 2.08. The molecule has 0 saturated carbocycles. The minimum absolute atomic E-state index is 1.06. The number of H-pyrrole nitrogens is 1. The first kappa shape index (κ1) is 10.1. The number of nitrogens with zero attached hydrogens (tertiary/aromatic N) is 1. The molecule has 1 aliphatic rings. The van der Waals surface area contributed by atoms with Gasteiger partial charge in [-0.15, -0.1) is 0 Å². The number of hydrogen-bond donors (Lipinski definition) is 1. The van der Waals surface area contributed by atoms with E-state index in [-0.39, 0.29) is 0 Å². The number of aromatic amines is 1. The van der Waals surface area contributed by atoms with Crippen LogP contribution in [0.1, 0.15) is 22.5 Å². The predicted octanol–water partition coefficient (Wildman–Crippen LogP) is 3.89. The molecule has 2 heteroatoms. The summed E-state index contributed by atoms with van der Waals surface area (Å²) in [6.07, 6.45) is 4.13. The lowest BCUT2D eigenvalue weighted by Gasteiger charge is -1.98. The number of hydrogen-bond acceptors (Lipinski definition) is 1.